The lowest BCUT2D eigenvalue weighted by Gasteiger charge is -2.44. The largest absolute Gasteiger partial charge is 0.373 e. The van der Waals surface area contributed by atoms with E-state index in [0.717, 1.165) is 19.2 Å². The molecule has 3 fully saturated rings. The Morgan fingerprint density at radius 2 is 2.00 bits per heavy atom. The summed E-state index contributed by atoms with van der Waals surface area (Å²) < 4.78 is 6.40. The van der Waals surface area contributed by atoms with E-state index in [4.69, 9.17) is 4.74 Å². The Morgan fingerprint density at radius 3 is 2.63 bits per heavy atom. The molecule has 1 N–H and O–H groups in total. The number of likely N-dealkylation sites (tertiary alicyclic amines) is 1. The van der Waals surface area contributed by atoms with Gasteiger partial charge in [0.2, 0.25) is 0 Å². The van der Waals surface area contributed by atoms with Crippen molar-refractivity contribution < 1.29 is 4.74 Å². The smallest absolute Gasteiger partial charge is 0.0695 e. The fraction of sp³-hybridized carbons (Fsp3) is 1.00. The molecule has 0 aromatic heterocycles. The highest BCUT2D eigenvalue weighted by Crippen LogP contribution is 2.39. The molecule has 1 unspecified atom stereocenters. The van der Waals surface area contributed by atoms with Gasteiger partial charge in [0.1, 0.15) is 0 Å². The SMILES string of the molecule is CN1CCCCC1COC1(CCNC2CC2)CCC1. The van der Waals surface area contributed by atoms with Gasteiger partial charge in [-0.2, -0.15) is 0 Å². The Hall–Kier alpha value is -0.120. The fourth-order valence-corrected chi connectivity index (χ4v) is 3.46. The van der Waals surface area contributed by atoms with Crippen molar-refractivity contribution in [2.24, 2.45) is 0 Å². The lowest BCUT2D eigenvalue weighted by molar-refractivity contribution is -0.121. The van der Waals surface area contributed by atoms with Gasteiger partial charge in [-0.25, -0.2) is 0 Å². The zero-order chi connectivity index (χ0) is 13.1. The van der Waals surface area contributed by atoms with Gasteiger partial charge in [-0.1, -0.05) is 6.42 Å². The number of hydrogen-bond acceptors (Lipinski definition) is 3. The van der Waals surface area contributed by atoms with Crippen molar-refractivity contribution in [3.63, 3.8) is 0 Å². The summed E-state index contributed by atoms with van der Waals surface area (Å²) in [6.45, 7) is 3.37. The maximum absolute atomic E-state index is 6.40. The molecule has 1 saturated heterocycles. The fourth-order valence-electron chi connectivity index (χ4n) is 3.46. The molecule has 0 aromatic carbocycles. The summed E-state index contributed by atoms with van der Waals surface area (Å²) in [4.78, 5) is 2.50. The first-order chi connectivity index (χ1) is 9.27. The monoisotopic (exact) mass is 266 g/mol. The minimum atomic E-state index is 0.236. The Morgan fingerprint density at radius 1 is 1.16 bits per heavy atom. The van der Waals surface area contributed by atoms with Crippen LogP contribution in [0, 0.1) is 0 Å². The second kappa shape index (κ2) is 6.11. The van der Waals surface area contributed by atoms with Crippen molar-refractivity contribution in [1.29, 1.82) is 0 Å². The average molecular weight is 266 g/mol. The second-order valence-electron chi connectivity index (χ2n) is 6.96. The van der Waals surface area contributed by atoms with E-state index < -0.39 is 0 Å². The molecule has 0 radical (unpaired) electrons. The van der Waals surface area contributed by atoms with Gasteiger partial charge in [-0.3, -0.25) is 0 Å². The highest BCUT2D eigenvalue weighted by atomic mass is 16.5. The summed E-state index contributed by atoms with van der Waals surface area (Å²) in [5.41, 5.74) is 0.236. The number of nitrogens with zero attached hydrogens (tertiary/aromatic N) is 1. The van der Waals surface area contributed by atoms with Crippen LogP contribution in [0.25, 0.3) is 0 Å². The number of piperidine rings is 1. The van der Waals surface area contributed by atoms with Gasteiger partial charge < -0.3 is 15.0 Å². The Balaban J connectivity index is 1.40. The van der Waals surface area contributed by atoms with E-state index in [0.29, 0.717) is 6.04 Å². The van der Waals surface area contributed by atoms with Gasteiger partial charge in [0.25, 0.3) is 0 Å². The average Bonchev–Trinajstić information content (AvgIpc) is 3.17. The van der Waals surface area contributed by atoms with Crippen molar-refractivity contribution in [2.75, 3.05) is 26.7 Å². The molecule has 1 atom stereocenters. The molecule has 110 valence electrons. The lowest BCUT2D eigenvalue weighted by Crippen LogP contribution is -2.47. The van der Waals surface area contributed by atoms with Crippen molar-refractivity contribution in [1.82, 2.24) is 10.2 Å². The van der Waals surface area contributed by atoms with E-state index in [2.05, 4.69) is 17.3 Å². The Bertz CT molecular complexity index is 286. The standard InChI is InChI=1S/C16H30N2O/c1-18-12-3-2-5-15(18)13-19-16(8-4-9-16)10-11-17-14-6-7-14/h14-15,17H,2-13H2,1H3. The van der Waals surface area contributed by atoms with E-state index in [1.165, 1.54) is 64.3 Å². The van der Waals surface area contributed by atoms with E-state index in [-0.39, 0.29) is 5.60 Å². The van der Waals surface area contributed by atoms with Crippen molar-refractivity contribution >= 4 is 0 Å². The van der Waals surface area contributed by atoms with E-state index in [1.807, 2.05) is 0 Å². The van der Waals surface area contributed by atoms with Crippen molar-refractivity contribution in [2.45, 2.75) is 75.5 Å². The molecule has 3 aliphatic rings. The molecule has 0 aromatic rings. The number of ether oxygens (including phenoxy) is 1. The molecule has 0 spiro atoms. The van der Waals surface area contributed by atoms with Crippen LogP contribution < -0.4 is 5.32 Å². The molecule has 3 rings (SSSR count). The summed E-state index contributed by atoms with van der Waals surface area (Å²) in [7, 11) is 2.26. The molecular formula is C16H30N2O. The predicted molar refractivity (Wildman–Crippen MR) is 78.4 cm³/mol. The van der Waals surface area contributed by atoms with Crippen molar-refractivity contribution in [3.05, 3.63) is 0 Å². The number of hydrogen-bond donors (Lipinski definition) is 1. The van der Waals surface area contributed by atoms with Gasteiger partial charge >= 0.3 is 0 Å². The normalized spacial score (nSPS) is 31.1. The quantitative estimate of drug-likeness (QED) is 0.766. The van der Waals surface area contributed by atoms with Crippen LogP contribution in [0.15, 0.2) is 0 Å². The first kappa shape index (κ1) is 13.8. The highest BCUT2D eigenvalue weighted by Gasteiger charge is 2.38. The molecule has 3 nitrogen and oxygen atoms in total. The summed E-state index contributed by atoms with van der Waals surface area (Å²) >= 11 is 0. The number of nitrogens with one attached hydrogen (secondary N) is 1. The predicted octanol–water partition coefficient (Wildman–Crippen LogP) is 2.55. The Kier molecular flexibility index (Phi) is 4.45. The van der Waals surface area contributed by atoms with Crippen LogP contribution in [0.2, 0.25) is 0 Å². The summed E-state index contributed by atoms with van der Waals surface area (Å²) in [5, 5.41) is 3.64. The van der Waals surface area contributed by atoms with E-state index in [1.54, 1.807) is 0 Å². The third-order valence-corrected chi connectivity index (χ3v) is 5.36. The third-order valence-electron chi connectivity index (χ3n) is 5.36. The van der Waals surface area contributed by atoms with Crippen molar-refractivity contribution in [3.8, 4) is 0 Å². The van der Waals surface area contributed by atoms with Gasteiger partial charge in [-0.05, 0) is 71.5 Å². The van der Waals surface area contributed by atoms with Crippen LogP contribution in [-0.4, -0.2) is 49.3 Å². The lowest BCUT2D eigenvalue weighted by atomic mass is 9.77. The first-order valence-corrected chi connectivity index (χ1v) is 8.35. The zero-order valence-electron chi connectivity index (χ0n) is 12.5. The van der Waals surface area contributed by atoms with Gasteiger partial charge in [0.15, 0.2) is 0 Å². The number of rotatable bonds is 7. The van der Waals surface area contributed by atoms with E-state index in [9.17, 15) is 0 Å². The first-order valence-electron chi connectivity index (χ1n) is 8.35. The molecule has 3 heteroatoms. The molecular weight excluding hydrogens is 236 g/mol. The van der Waals surface area contributed by atoms with Gasteiger partial charge in [0, 0.05) is 12.1 Å². The molecule has 1 aliphatic heterocycles. The third kappa shape index (κ3) is 3.71. The van der Waals surface area contributed by atoms with Crippen LogP contribution >= 0.6 is 0 Å². The summed E-state index contributed by atoms with van der Waals surface area (Å²) in [5.74, 6) is 0. The highest BCUT2D eigenvalue weighted by molar-refractivity contribution is 4.92. The van der Waals surface area contributed by atoms with Crippen LogP contribution in [0.5, 0.6) is 0 Å². The summed E-state index contributed by atoms with van der Waals surface area (Å²) in [6, 6.07) is 1.50. The molecule has 0 amide bonds. The summed E-state index contributed by atoms with van der Waals surface area (Å²) in [6.07, 6.45) is 12.0. The van der Waals surface area contributed by atoms with Gasteiger partial charge in [-0.15, -0.1) is 0 Å². The molecule has 19 heavy (non-hydrogen) atoms. The number of likely N-dealkylation sites (N-methyl/N-ethyl adjacent to an activating group) is 1. The molecule has 0 bridgehead atoms. The molecule has 2 saturated carbocycles. The van der Waals surface area contributed by atoms with Crippen LogP contribution in [0.3, 0.4) is 0 Å². The van der Waals surface area contributed by atoms with Crippen LogP contribution in [0.1, 0.15) is 57.8 Å². The topological polar surface area (TPSA) is 24.5 Å². The second-order valence-corrected chi connectivity index (χ2v) is 6.96. The maximum atomic E-state index is 6.40. The van der Waals surface area contributed by atoms with Gasteiger partial charge in [0.05, 0.1) is 12.2 Å². The molecule has 1 heterocycles. The maximum Gasteiger partial charge on any atom is 0.0695 e. The van der Waals surface area contributed by atoms with E-state index >= 15 is 0 Å². The van der Waals surface area contributed by atoms with Crippen LogP contribution in [-0.2, 0) is 4.74 Å². The molecule has 2 aliphatic carbocycles. The Labute approximate surface area is 118 Å². The van der Waals surface area contributed by atoms with Crippen LogP contribution in [0.4, 0.5) is 0 Å². The zero-order valence-corrected chi connectivity index (χ0v) is 12.5. The minimum absolute atomic E-state index is 0.236. The minimum Gasteiger partial charge on any atom is -0.373 e.